The first-order valence-electron chi connectivity index (χ1n) is 4.76. The van der Waals surface area contributed by atoms with Crippen molar-refractivity contribution in [1.82, 2.24) is 0 Å². The normalized spacial score (nSPS) is 12.2. The van der Waals surface area contributed by atoms with Crippen molar-refractivity contribution in [2.24, 2.45) is 0 Å². The highest BCUT2D eigenvalue weighted by Gasteiger charge is 2.18. The number of rotatable bonds is 4. The summed E-state index contributed by atoms with van der Waals surface area (Å²) in [5.74, 6) is -0.358. The largest absolute Gasteiger partial charge is 0.300 e. The molecule has 0 saturated heterocycles. The molecule has 0 spiro atoms. The smallest absolute Gasteiger partial charge is 0.137 e. The van der Waals surface area contributed by atoms with E-state index >= 15 is 0 Å². The fraction of sp³-hybridized carbons (Fsp3) is 0.333. The average Bonchev–Trinajstić information content (AvgIpc) is 2.13. The van der Waals surface area contributed by atoms with E-state index in [1.165, 1.54) is 13.8 Å². The number of halogens is 1. The van der Waals surface area contributed by atoms with Gasteiger partial charge in [0, 0.05) is 17.4 Å². The molecule has 0 aliphatic carbocycles. The van der Waals surface area contributed by atoms with Gasteiger partial charge < -0.3 is 0 Å². The zero-order chi connectivity index (χ0) is 11.4. The van der Waals surface area contributed by atoms with Crippen LogP contribution in [0.1, 0.15) is 31.7 Å². The van der Waals surface area contributed by atoms with Gasteiger partial charge >= 0.3 is 0 Å². The van der Waals surface area contributed by atoms with E-state index in [0.29, 0.717) is 5.02 Å². The Morgan fingerprint density at radius 1 is 1.33 bits per heavy atom. The molecule has 1 rings (SSSR count). The molecule has 0 N–H and O–H groups in total. The van der Waals surface area contributed by atoms with Crippen LogP contribution in [0.15, 0.2) is 24.3 Å². The van der Waals surface area contributed by atoms with Gasteiger partial charge in [-0.2, -0.15) is 0 Å². The Morgan fingerprint density at radius 2 is 2.00 bits per heavy atom. The molecule has 0 heterocycles. The highest BCUT2D eigenvalue weighted by molar-refractivity contribution is 6.30. The van der Waals surface area contributed by atoms with Crippen molar-refractivity contribution in [2.45, 2.75) is 26.2 Å². The minimum absolute atomic E-state index is 0.00698. The molecule has 15 heavy (non-hydrogen) atoms. The van der Waals surface area contributed by atoms with Crippen LogP contribution in [0.2, 0.25) is 5.02 Å². The molecule has 0 aromatic heterocycles. The highest BCUT2D eigenvalue weighted by atomic mass is 35.5. The minimum Gasteiger partial charge on any atom is -0.300 e. The predicted molar refractivity (Wildman–Crippen MR) is 60.2 cm³/mol. The fourth-order valence-corrected chi connectivity index (χ4v) is 1.71. The first-order valence-corrected chi connectivity index (χ1v) is 5.14. The molecule has 1 aromatic carbocycles. The lowest BCUT2D eigenvalue weighted by Gasteiger charge is -2.12. The van der Waals surface area contributed by atoms with Crippen LogP contribution in [-0.2, 0) is 9.59 Å². The highest BCUT2D eigenvalue weighted by Crippen LogP contribution is 2.23. The zero-order valence-electron chi connectivity index (χ0n) is 8.79. The molecule has 1 atom stereocenters. The van der Waals surface area contributed by atoms with Gasteiger partial charge in [-0.1, -0.05) is 23.7 Å². The number of Topliss-reactive ketones (excluding diaryl/α,β-unsaturated/α-hetero) is 2. The van der Waals surface area contributed by atoms with Crippen molar-refractivity contribution in [3.63, 3.8) is 0 Å². The first-order chi connectivity index (χ1) is 7.00. The number of carbonyl (C=O) groups is 2. The third kappa shape index (κ3) is 3.48. The number of hydrogen-bond donors (Lipinski definition) is 0. The number of hydrogen-bond acceptors (Lipinski definition) is 2. The second-order valence-corrected chi connectivity index (χ2v) is 4.06. The molecule has 2 nitrogen and oxygen atoms in total. The standard InChI is InChI=1S/C12H13ClO2/c1-8(14)6-12(9(2)15)10-4-3-5-11(13)7-10/h3-5,7,12H,6H2,1-2H3. The van der Waals surface area contributed by atoms with Gasteiger partial charge in [-0.15, -0.1) is 0 Å². The maximum Gasteiger partial charge on any atom is 0.137 e. The van der Waals surface area contributed by atoms with Crippen LogP contribution >= 0.6 is 11.6 Å². The first kappa shape index (κ1) is 11.9. The lowest BCUT2D eigenvalue weighted by atomic mass is 9.91. The summed E-state index contributed by atoms with van der Waals surface area (Å²) in [6, 6.07) is 7.08. The van der Waals surface area contributed by atoms with Gasteiger partial charge in [0.25, 0.3) is 0 Å². The van der Waals surface area contributed by atoms with Crippen LogP contribution in [0, 0.1) is 0 Å². The molecule has 0 fully saturated rings. The topological polar surface area (TPSA) is 34.1 Å². The van der Waals surface area contributed by atoms with Crippen LogP contribution in [0.4, 0.5) is 0 Å². The van der Waals surface area contributed by atoms with Crippen LogP contribution in [-0.4, -0.2) is 11.6 Å². The fourth-order valence-electron chi connectivity index (χ4n) is 1.51. The molecule has 0 bridgehead atoms. The quantitative estimate of drug-likeness (QED) is 0.788. The second-order valence-electron chi connectivity index (χ2n) is 3.62. The molecular weight excluding hydrogens is 212 g/mol. The van der Waals surface area contributed by atoms with Crippen molar-refractivity contribution >= 4 is 23.2 Å². The van der Waals surface area contributed by atoms with Crippen molar-refractivity contribution < 1.29 is 9.59 Å². The Labute approximate surface area is 94.2 Å². The Morgan fingerprint density at radius 3 is 2.47 bits per heavy atom. The number of carbonyl (C=O) groups excluding carboxylic acids is 2. The third-order valence-corrected chi connectivity index (χ3v) is 2.47. The predicted octanol–water partition coefficient (Wildman–Crippen LogP) is 2.99. The number of ketones is 2. The third-order valence-electron chi connectivity index (χ3n) is 2.23. The molecule has 0 amide bonds. The molecule has 0 saturated carbocycles. The Hall–Kier alpha value is -1.15. The maximum absolute atomic E-state index is 11.4. The summed E-state index contributed by atoms with van der Waals surface area (Å²) in [5.41, 5.74) is 0.810. The molecule has 3 heteroatoms. The van der Waals surface area contributed by atoms with E-state index in [9.17, 15) is 9.59 Å². The molecule has 0 aliphatic heterocycles. The van der Waals surface area contributed by atoms with Crippen molar-refractivity contribution in [2.75, 3.05) is 0 Å². The van der Waals surface area contributed by atoms with Gasteiger partial charge in [0.15, 0.2) is 0 Å². The van der Waals surface area contributed by atoms with Crippen LogP contribution in [0.5, 0.6) is 0 Å². The number of benzene rings is 1. The van der Waals surface area contributed by atoms with Crippen molar-refractivity contribution in [3.05, 3.63) is 34.9 Å². The molecule has 1 unspecified atom stereocenters. The van der Waals surface area contributed by atoms with Crippen molar-refractivity contribution in [1.29, 1.82) is 0 Å². The monoisotopic (exact) mass is 224 g/mol. The van der Waals surface area contributed by atoms with E-state index < -0.39 is 0 Å². The van der Waals surface area contributed by atoms with Crippen LogP contribution in [0.25, 0.3) is 0 Å². The Bertz CT molecular complexity index is 385. The van der Waals surface area contributed by atoms with Crippen molar-refractivity contribution in [3.8, 4) is 0 Å². The van der Waals surface area contributed by atoms with Gasteiger partial charge in [0.2, 0.25) is 0 Å². The molecular formula is C12H13ClO2. The van der Waals surface area contributed by atoms with Gasteiger partial charge in [-0.25, -0.2) is 0 Å². The molecule has 0 radical (unpaired) electrons. The van der Waals surface area contributed by atoms with E-state index in [2.05, 4.69) is 0 Å². The Balaban J connectivity index is 2.98. The maximum atomic E-state index is 11.4. The SMILES string of the molecule is CC(=O)CC(C(C)=O)c1cccc(Cl)c1. The van der Waals surface area contributed by atoms with E-state index in [0.717, 1.165) is 5.56 Å². The Kier molecular flexibility index (Phi) is 4.04. The summed E-state index contributed by atoms with van der Waals surface area (Å²) in [6.07, 6.45) is 0.246. The van der Waals surface area contributed by atoms with E-state index in [1.807, 2.05) is 6.07 Å². The zero-order valence-corrected chi connectivity index (χ0v) is 9.54. The summed E-state index contributed by atoms with van der Waals surface area (Å²) in [6.45, 7) is 2.98. The summed E-state index contributed by atoms with van der Waals surface area (Å²) < 4.78 is 0. The van der Waals surface area contributed by atoms with Crippen LogP contribution in [0.3, 0.4) is 0 Å². The molecule has 1 aromatic rings. The molecule has 80 valence electrons. The summed E-state index contributed by atoms with van der Waals surface area (Å²) in [4.78, 5) is 22.4. The molecule has 0 aliphatic rings. The minimum atomic E-state index is -0.360. The van der Waals surface area contributed by atoms with Gasteiger partial charge in [0.05, 0.1) is 0 Å². The van der Waals surface area contributed by atoms with E-state index in [4.69, 9.17) is 11.6 Å². The summed E-state index contributed by atoms with van der Waals surface area (Å²) >= 11 is 5.83. The van der Waals surface area contributed by atoms with Gasteiger partial charge in [-0.3, -0.25) is 9.59 Å². The van der Waals surface area contributed by atoms with Crippen LogP contribution < -0.4 is 0 Å². The summed E-state index contributed by atoms with van der Waals surface area (Å²) in [7, 11) is 0. The van der Waals surface area contributed by atoms with E-state index in [-0.39, 0.29) is 23.9 Å². The lowest BCUT2D eigenvalue weighted by Crippen LogP contribution is -2.12. The lowest BCUT2D eigenvalue weighted by molar-refractivity contribution is -0.123. The van der Waals surface area contributed by atoms with Gasteiger partial charge in [-0.05, 0) is 31.5 Å². The van der Waals surface area contributed by atoms with Gasteiger partial charge in [0.1, 0.15) is 11.6 Å². The average molecular weight is 225 g/mol. The second kappa shape index (κ2) is 5.08. The van der Waals surface area contributed by atoms with E-state index in [1.54, 1.807) is 18.2 Å². The summed E-state index contributed by atoms with van der Waals surface area (Å²) in [5, 5.41) is 0.585.